The average Bonchev–Trinajstić information content (AvgIpc) is 2.56. The fourth-order valence-corrected chi connectivity index (χ4v) is 2.05. The fourth-order valence-electron chi connectivity index (χ4n) is 2.05. The minimum absolute atomic E-state index is 0.628. The second kappa shape index (κ2) is 6.65. The molecule has 3 aromatic rings. The quantitative estimate of drug-likeness (QED) is 0.703. The molecule has 0 fully saturated rings. The molecule has 0 spiro atoms. The number of rotatable bonds is 6. The molecule has 0 aliphatic heterocycles. The number of anilines is 1. The monoisotopic (exact) mass is 280 g/mol. The first-order chi connectivity index (χ1) is 10.4. The summed E-state index contributed by atoms with van der Waals surface area (Å²) in [6.45, 7) is 1.42. The van der Waals surface area contributed by atoms with Gasteiger partial charge in [-0.25, -0.2) is 4.98 Å². The Bertz CT molecular complexity index is 697. The Balaban J connectivity index is 1.51. The van der Waals surface area contributed by atoms with Crippen molar-refractivity contribution in [1.82, 2.24) is 15.0 Å². The lowest BCUT2D eigenvalue weighted by molar-refractivity contribution is 0.318. The molecule has 5 heteroatoms. The van der Waals surface area contributed by atoms with Crippen molar-refractivity contribution in [3.8, 4) is 5.75 Å². The van der Waals surface area contributed by atoms with Gasteiger partial charge in [0.1, 0.15) is 17.1 Å². The second-order valence-electron chi connectivity index (χ2n) is 4.55. The first-order valence-electron chi connectivity index (χ1n) is 6.90. The number of aromatic nitrogens is 3. The van der Waals surface area contributed by atoms with E-state index in [1.54, 1.807) is 24.8 Å². The lowest BCUT2D eigenvalue weighted by Gasteiger charge is -2.09. The Morgan fingerprint density at radius 1 is 1.00 bits per heavy atom. The molecule has 0 bridgehead atoms. The molecule has 21 heavy (non-hydrogen) atoms. The van der Waals surface area contributed by atoms with Gasteiger partial charge in [-0.2, -0.15) is 0 Å². The lowest BCUT2D eigenvalue weighted by atomic mass is 10.2. The van der Waals surface area contributed by atoms with Crippen LogP contribution in [0.4, 0.5) is 5.82 Å². The van der Waals surface area contributed by atoms with Gasteiger partial charge in [0.25, 0.3) is 0 Å². The van der Waals surface area contributed by atoms with Gasteiger partial charge >= 0.3 is 0 Å². The summed E-state index contributed by atoms with van der Waals surface area (Å²) in [5.74, 6) is 1.61. The van der Waals surface area contributed by atoms with Crippen LogP contribution in [0.3, 0.4) is 0 Å². The summed E-state index contributed by atoms with van der Waals surface area (Å²) in [5, 5.41) is 4.29. The zero-order valence-electron chi connectivity index (χ0n) is 11.6. The van der Waals surface area contributed by atoms with Crippen molar-refractivity contribution in [2.75, 3.05) is 18.5 Å². The van der Waals surface area contributed by atoms with E-state index in [1.165, 1.54) is 0 Å². The number of nitrogens with zero attached hydrogens (tertiary/aromatic N) is 3. The summed E-state index contributed by atoms with van der Waals surface area (Å²) in [5.41, 5.74) is 0.905. The van der Waals surface area contributed by atoms with Gasteiger partial charge in [0, 0.05) is 30.5 Å². The number of pyridine rings is 1. The molecular formula is C16H16N4O. The largest absolute Gasteiger partial charge is 0.491 e. The van der Waals surface area contributed by atoms with E-state index in [1.807, 2.05) is 30.3 Å². The molecule has 1 N–H and O–H groups in total. The van der Waals surface area contributed by atoms with E-state index in [2.05, 4.69) is 20.3 Å². The van der Waals surface area contributed by atoms with Crippen molar-refractivity contribution < 1.29 is 4.74 Å². The van der Waals surface area contributed by atoms with Crippen molar-refractivity contribution in [2.45, 2.75) is 6.42 Å². The molecule has 0 aliphatic rings. The van der Waals surface area contributed by atoms with Gasteiger partial charge in [-0.3, -0.25) is 9.97 Å². The van der Waals surface area contributed by atoms with Crippen LogP contribution in [0, 0.1) is 0 Å². The number of fused-ring (bicyclic) bond motifs is 1. The van der Waals surface area contributed by atoms with Crippen molar-refractivity contribution >= 4 is 16.7 Å². The van der Waals surface area contributed by atoms with E-state index in [9.17, 15) is 0 Å². The Kier molecular flexibility index (Phi) is 4.21. The molecule has 1 aromatic carbocycles. The molecule has 0 amide bonds. The van der Waals surface area contributed by atoms with Crippen LogP contribution in [0.1, 0.15) is 6.42 Å². The molecular weight excluding hydrogens is 264 g/mol. The summed E-state index contributed by atoms with van der Waals surface area (Å²) < 4.78 is 5.82. The van der Waals surface area contributed by atoms with Gasteiger partial charge in [-0.05, 0) is 18.6 Å². The Hall–Kier alpha value is -2.69. The van der Waals surface area contributed by atoms with Crippen molar-refractivity contribution in [3.63, 3.8) is 0 Å². The van der Waals surface area contributed by atoms with E-state index in [0.717, 1.165) is 35.4 Å². The minimum Gasteiger partial charge on any atom is -0.491 e. The zero-order valence-corrected chi connectivity index (χ0v) is 11.6. The smallest absolute Gasteiger partial charge is 0.145 e. The summed E-state index contributed by atoms with van der Waals surface area (Å²) in [4.78, 5) is 12.5. The Morgan fingerprint density at radius 2 is 1.95 bits per heavy atom. The third-order valence-electron chi connectivity index (χ3n) is 3.04. The molecule has 2 aromatic heterocycles. The third kappa shape index (κ3) is 3.45. The summed E-state index contributed by atoms with van der Waals surface area (Å²) in [6.07, 6.45) is 7.68. The van der Waals surface area contributed by atoms with Crippen molar-refractivity contribution in [1.29, 1.82) is 0 Å². The summed E-state index contributed by atoms with van der Waals surface area (Å²) in [6, 6.07) is 9.93. The predicted octanol–water partition coefficient (Wildman–Crippen LogP) is 2.91. The molecule has 2 heterocycles. The fraction of sp³-hybridized carbons (Fsp3) is 0.188. The highest BCUT2D eigenvalue weighted by atomic mass is 16.5. The standard InChI is InChI=1S/C16H16N4O/c1-4-13-5-2-7-20-16(13)14(6-1)21-11-3-8-18-15-12-17-9-10-19-15/h1-2,4-7,9-10,12H,3,8,11H2,(H,18,19). The number of benzene rings is 1. The van der Waals surface area contributed by atoms with Crippen molar-refractivity contribution in [3.05, 3.63) is 55.1 Å². The number of para-hydroxylation sites is 1. The normalized spacial score (nSPS) is 10.5. The first-order valence-corrected chi connectivity index (χ1v) is 6.90. The van der Waals surface area contributed by atoms with Gasteiger partial charge < -0.3 is 10.1 Å². The summed E-state index contributed by atoms with van der Waals surface area (Å²) in [7, 11) is 0. The molecule has 106 valence electrons. The maximum atomic E-state index is 5.82. The molecule has 3 rings (SSSR count). The van der Waals surface area contributed by atoms with Gasteiger partial charge in [0.05, 0.1) is 12.8 Å². The maximum Gasteiger partial charge on any atom is 0.145 e. The van der Waals surface area contributed by atoms with Crippen LogP contribution in [0.2, 0.25) is 0 Å². The molecule has 0 saturated heterocycles. The van der Waals surface area contributed by atoms with Crippen LogP contribution in [-0.4, -0.2) is 28.1 Å². The third-order valence-corrected chi connectivity index (χ3v) is 3.04. The highest BCUT2D eigenvalue weighted by Gasteiger charge is 2.02. The highest BCUT2D eigenvalue weighted by Crippen LogP contribution is 2.22. The zero-order chi connectivity index (χ0) is 14.3. The maximum absolute atomic E-state index is 5.82. The van der Waals surface area contributed by atoms with Crippen LogP contribution >= 0.6 is 0 Å². The van der Waals surface area contributed by atoms with Crippen LogP contribution < -0.4 is 10.1 Å². The number of hydrogen-bond acceptors (Lipinski definition) is 5. The number of hydrogen-bond donors (Lipinski definition) is 1. The summed E-state index contributed by atoms with van der Waals surface area (Å²) >= 11 is 0. The van der Waals surface area contributed by atoms with Crippen LogP contribution in [0.25, 0.3) is 10.9 Å². The van der Waals surface area contributed by atoms with Gasteiger partial charge in [-0.15, -0.1) is 0 Å². The number of ether oxygens (including phenoxy) is 1. The van der Waals surface area contributed by atoms with Crippen LogP contribution in [0.5, 0.6) is 5.75 Å². The van der Waals surface area contributed by atoms with E-state index < -0.39 is 0 Å². The van der Waals surface area contributed by atoms with Crippen LogP contribution in [-0.2, 0) is 0 Å². The van der Waals surface area contributed by atoms with E-state index in [4.69, 9.17) is 4.74 Å². The van der Waals surface area contributed by atoms with E-state index >= 15 is 0 Å². The SMILES string of the molecule is c1cnc2c(OCCCNc3cnccn3)cccc2c1. The predicted molar refractivity (Wildman–Crippen MR) is 82.4 cm³/mol. The molecule has 0 unspecified atom stereocenters. The lowest BCUT2D eigenvalue weighted by Crippen LogP contribution is -2.08. The Morgan fingerprint density at radius 3 is 2.86 bits per heavy atom. The van der Waals surface area contributed by atoms with Crippen LogP contribution in [0.15, 0.2) is 55.1 Å². The Labute approximate surface area is 123 Å². The molecule has 0 radical (unpaired) electrons. The van der Waals surface area contributed by atoms with E-state index in [-0.39, 0.29) is 0 Å². The molecule has 0 atom stereocenters. The second-order valence-corrected chi connectivity index (χ2v) is 4.55. The average molecular weight is 280 g/mol. The van der Waals surface area contributed by atoms with Crippen molar-refractivity contribution in [2.24, 2.45) is 0 Å². The van der Waals surface area contributed by atoms with Gasteiger partial charge in [0.2, 0.25) is 0 Å². The minimum atomic E-state index is 0.628. The molecule has 5 nitrogen and oxygen atoms in total. The van der Waals surface area contributed by atoms with E-state index in [0.29, 0.717) is 6.61 Å². The topological polar surface area (TPSA) is 59.9 Å². The highest BCUT2D eigenvalue weighted by molar-refractivity contribution is 5.84. The molecule has 0 saturated carbocycles. The van der Waals surface area contributed by atoms with Gasteiger partial charge in [-0.1, -0.05) is 18.2 Å². The first kappa shape index (κ1) is 13.3. The molecule has 0 aliphatic carbocycles. The number of nitrogens with one attached hydrogen (secondary N) is 1. The van der Waals surface area contributed by atoms with Gasteiger partial charge in [0.15, 0.2) is 0 Å².